The van der Waals surface area contributed by atoms with Crippen molar-refractivity contribution in [2.45, 2.75) is 13.0 Å². The minimum absolute atomic E-state index is 0.0740. The van der Waals surface area contributed by atoms with Gasteiger partial charge in [-0.15, -0.1) is 0 Å². The normalized spacial score (nSPS) is 21.3. The summed E-state index contributed by atoms with van der Waals surface area (Å²) in [6, 6.07) is 9.72. The summed E-state index contributed by atoms with van der Waals surface area (Å²) in [7, 11) is 1.77. The zero-order chi connectivity index (χ0) is 10.1. The Morgan fingerprint density at radius 1 is 1.29 bits per heavy atom. The quantitative estimate of drug-likeness (QED) is 0.662. The second-order valence-electron chi connectivity index (χ2n) is 3.43. The van der Waals surface area contributed by atoms with E-state index >= 15 is 0 Å². The molecule has 2 amide bonds. The molecular weight excluding hydrogens is 176 g/mol. The highest BCUT2D eigenvalue weighted by Gasteiger charge is 2.28. The molecule has 0 N–H and O–H groups in total. The predicted octanol–water partition coefficient (Wildman–Crippen LogP) is 1.93. The van der Waals surface area contributed by atoms with E-state index in [1.165, 1.54) is 0 Å². The van der Waals surface area contributed by atoms with Gasteiger partial charge < -0.3 is 4.90 Å². The number of nitrogens with zero attached hydrogens (tertiary/aromatic N) is 2. The predicted molar refractivity (Wildman–Crippen MR) is 55.6 cm³/mol. The summed E-state index contributed by atoms with van der Waals surface area (Å²) < 4.78 is 0. The average molecular weight is 188 g/mol. The molecule has 1 aliphatic rings. The van der Waals surface area contributed by atoms with E-state index in [-0.39, 0.29) is 12.1 Å². The van der Waals surface area contributed by atoms with Gasteiger partial charge in [-0.3, -0.25) is 0 Å². The highest BCUT2D eigenvalue weighted by Crippen LogP contribution is 2.16. The summed E-state index contributed by atoms with van der Waals surface area (Å²) >= 11 is 0. The number of carbonyl (C=O) groups is 1. The Labute approximate surface area is 83.1 Å². The van der Waals surface area contributed by atoms with Crippen molar-refractivity contribution in [3.05, 3.63) is 35.9 Å². The Kier molecular flexibility index (Phi) is 2.08. The van der Waals surface area contributed by atoms with Gasteiger partial charge in [0.1, 0.15) is 0 Å². The van der Waals surface area contributed by atoms with E-state index in [4.69, 9.17) is 0 Å². The van der Waals surface area contributed by atoms with Gasteiger partial charge in [-0.1, -0.05) is 30.3 Å². The smallest absolute Gasteiger partial charge is 0.318 e. The van der Waals surface area contributed by atoms with Gasteiger partial charge in [0.05, 0.1) is 11.8 Å². The summed E-state index contributed by atoms with van der Waals surface area (Å²) in [5.41, 5.74) is 1.89. The van der Waals surface area contributed by atoms with Crippen LogP contribution in [0.15, 0.2) is 35.3 Å². The number of carbonyl (C=O) groups excluding carboxylic acids is 1. The number of hydrogen-bond acceptors (Lipinski definition) is 1. The number of benzene rings is 1. The first-order valence-corrected chi connectivity index (χ1v) is 4.61. The van der Waals surface area contributed by atoms with E-state index in [0.717, 1.165) is 11.3 Å². The third kappa shape index (κ3) is 1.31. The highest BCUT2D eigenvalue weighted by atomic mass is 16.2. The summed E-state index contributed by atoms with van der Waals surface area (Å²) in [6.07, 6.45) is 0. The van der Waals surface area contributed by atoms with Crippen molar-refractivity contribution in [3.8, 4) is 0 Å². The third-order valence-electron chi connectivity index (χ3n) is 2.56. The fourth-order valence-electron chi connectivity index (χ4n) is 1.54. The molecule has 0 radical (unpaired) electrons. The third-order valence-corrected chi connectivity index (χ3v) is 2.56. The lowest BCUT2D eigenvalue weighted by Gasteiger charge is -2.15. The van der Waals surface area contributed by atoms with Gasteiger partial charge in [-0.2, -0.15) is 4.99 Å². The minimum atomic E-state index is -0.156. The highest BCUT2D eigenvalue weighted by molar-refractivity contribution is 6.13. The molecule has 1 heterocycles. The number of urea groups is 1. The van der Waals surface area contributed by atoms with Gasteiger partial charge in [0.15, 0.2) is 0 Å². The Morgan fingerprint density at radius 3 is 2.43 bits per heavy atom. The van der Waals surface area contributed by atoms with Crippen LogP contribution in [-0.4, -0.2) is 29.7 Å². The van der Waals surface area contributed by atoms with Gasteiger partial charge in [-0.05, 0) is 12.5 Å². The molecule has 3 nitrogen and oxygen atoms in total. The number of likely N-dealkylation sites (N-methyl/N-ethyl adjacent to an activating group) is 1. The number of hydrogen-bond donors (Lipinski definition) is 0. The molecule has 0 aliphatic carbocycles. The van der Waals surface area contributed by atoms with Crippen LogP contribution in [0.25, 0.3) is 0 Å². The molecule has 0 fully saturated rings. The maximum atomic E-state index is 11.3. The zero-order valence-electron chi connectivity index (χ0n) is 8.27. The van der Waals surface area contributed by atoms with E-state index in [1.807, 2.05) is 37.3 Å². The van der Waals surface area contributed by atoms with E-state index < -0.39 is 0 Å². The van der Waals surface area contributed by atoms with Crippen molar-refractivity contribution in [2.75, 3.05) is 7.05 Å². The second-order valence-corrected chi connectivity index (χ2v) is 3.43. The van der Waals surface area contributed by atoms with E-state index in [0.29, 0.717) is 0 Å². The fourth-order valence-corrected chi connectivity index (χ4v) is 1.54. The Balaban J connectivity index is 2.38. The number of aliphatic imine (C=N–C) groups is 1. The zero-order valence-corrected chi connectivity index (χ0v) is 8.27. The van der Waals surface area contributed by atoms with Crippen molar-refractivity contribution >= 4 is 11.7 Å². The van der Waals surface area contributed by atoms with Crippen LogP contribution in [-0.2, 0) is 0 Å². The molecule has 1 aromatic carbocycles. The van der Waals surface area contributed by atoms with Crippen molar-refractivity contribution in [3.63, 3.8) is 0 Å². The Bertz CT molecular complexity index is 384. The SMILES string of the molecule is C[C@@H]1C(c2ccccc2)=NC(=O)N1C. The fraction of sp³-hybridized carbons (Fsp3) is 0.273. The summed E-state index contributed by atoms with van der Waals surface area (Å²) in [6.45, 7) is 1.98. The minimum Gasteiger partial charge on any atom is -0.318 e. The number of rotatable bonds is 1. The van der Waals surface area contributed by atoms with Crippen LogP contribution in [0.5, 0.6) is 0 Å². The van der Waals surface area contributed by atoms with Crippen LogP contribution in [0.3, 0.4) is 0 Å². The first-order valence-electron chi connectivity index (χ1n) is 4.61. The standard InChI is InChI=1S/C11H12N2O/c1-8-10(12-11(14)13(8)2)9-6-4-3-5-7-9/h3-8H,1-2H3/t8-/m1/s1. The maximum Gasteiger partial charge on any atom is 0.344 e. The number of amides is 2. The Morgan fingerprint density at radius 2 is 1.93 bits per heavy atom. The lowest BCUT2D eigenvalue weighted by atomic mass is 10.1. The summed E-state index contributed by atoms with van der Waals surface area (Å²) in [5.74, 6) is 0. The van der Waals surface area contributed by atoms with Crippen molar-refractivity contribution in [1.29, 1.82) is 0 Å². The topological polar surface area (TPSA) is 32.7 Å². The lowest BCUT2D eigenvalue weighted by molar-refractivity contribution is 0.220. The van der Waals surface area contributed by atoms with Crippen LogP contribution in [0.2, 0.25) is 0 Å². The van der Waals surface area contributed by atoms with Crippen molar-refractivity contribution in [2.24, 2.45) is 4.99 Å². The second kappa shape index (κ2) is 3.25. The van der Waals surface area contributed by atoms with Crippen molar-refractivity contribution in [1.82, 2.24) is 4.90 Å². The largest absolute Gasteiger partial charge is 0.344 e. The molecular formula is C11H12N2O. The summed E-state index contributed by atoms with van der Waals surface area (Å²) in [4.78, 5) is 17.0. The molecule has 1 atom stereocenters. The van der Waals surface area contributed by atoms with Crippen LogP contribution in [0.1, 0.15) is 12.5 Å². The van der Waals surface area contributed by atoms with Gasteiger partial charge in [0.25, 0.3) is 0 Å². The van der Waals surface area contributed by atoms with E-state index in [2.05, 4.69) is 4.99 Å². The van der Waals surface area contributed by atoms with Crippen LogP contribution in [0.4, 0.5) is 4.79 Å². The lowest BCUT2D eigenvalue weighted by Crippen LogP contribution is -2.31. The molecule has 2 rings (SSSR count). The van der Waals surface area contributed by atoms with Crippen molar-refractivity contribution < 1.29 is 4.79 Å². The van der Waals surface area contributed by atoms with Crippen LogP contribution in [0, 0.1) is 0 Å². The van der Waals surface area contributed by atoms with Crippen LogP contribution < -0.4 is 0 Å². The first kappa shape index (κ1) is 8.94. The monoisotopic (exact) mass is 188 g/mol. The molecule has 0 aromatic heterocycles. The molecule has 1 aliphatic heterocycles. The molecule has 0 bridgehead atoms. The molecule has 0 unspecified atom stereocenters. The molecule has 0 saturated heterocycles. The summed E-state index contributed by atoms with van der Waals surface area (Å²) in [5, 5.41) is 0. The molecule has 14 heavy (non-hydrogen) atoms. The van der Waals surface area contributed by atoms with Gasteiger partial charge >= 0.3 is 6.03 Å². The maximum absolute atomic E-state index is 11.3. The molecule has 1 aromatic rings. The molecule has 72 valence electrons. The van der Waals surface area contributed by atoms with Gasteiger partial charge in [0, 0.05) is 7.05 Å². The van der Waals surface area contributed by atoms with Gasteiger partial charge in [0.2, 0.25) is 0 Å². The van der Waals surface area contributed by atoms with Crippen LogP contribution >= 0.6 is 0 Å². The first-order chi connectivity index (χ1) is 6.70. The average Bonchev–Trinajstić information content (AvgIpc) is 2.47. The van der Waals surface area contributed by atoms with Gasteiger partial charge in [-0.25, -0.2) is 4.79 Å². The Hall–Kier alpha value is -1.64. The van der Waals surface area contributed by atoms with E-state index in [1.54, 1.807) is 11.9 Å². The molecule has 0 saturated carbocycles. The molecule has 0 spiro atoms. The van der Waals surface area contributed by atoms with E-state index in [9.17, 15) is 4.79 Å². The molecule has 3 heteroatoms.